The highest BCUT2D eigenvalue weighted by Crippen LogP contribution is 2.32. The smallest absolute Gasteiger partial charge is 0.0541 e. The van der Waals surface area contributed by atoms with Gasteiger partial charge in [0.25, 0.3) is 0 Å². The fourth-order valence-corrected chi connectivity index (χ4v) is 3.05. The second kappa shape index (κ2) is 4.78. The van der Waals surface area contributed by atoms with Gasteiger partial charge in [-0.1, -0.05) is 55.1 Å². The van der Waals surface area contributed by atoms with Crippen LogP contribution in [0.5, 0.6) is 0 Å². The Morgan fingerprint density at radius 3 is 1.95 bits per heavy atom. The minimum Gasteiger partial charge on any atom is -0.399 e. The molecule has 4 aromatic rings. The van der Waals surface area contributed by atoms with Crippen LogP contribution in [0.2, 0.25) is 0 Å². The first-order chi connectivity index (χ1) is 10.8. The van der Waals surface area contributed by atoms with Crippen molar-refractivity contribution in [2.45, 2.75) is 0 Å². The molecule has 0 atom stereocenters. The largest absolute Gasteiger partial charge is 0.399 e. The number of para-hydroxylation sites is 2. The summed E-state index contributed by atoms with van der Waals surface area (Å²) in [5.41, 5.74) is 10.9. The van der Waals surface area contributed by atoms with Crippen molar-refractivity contribution < 1.29 is 0 Å². The number of hydrogen-bond donors (Lipinski definition) is 1. The Hall–Kier alpha value is -3.00. The normalized spacial score (nSPS) is 11.1. The molecule has 0 amide bonds. The second-order valence-electron chi connectivity index (χ2n) is 5.45. The van der Waals surface area contributed by atoms with E-state index in [4.69, 9.17) is 5.73 Å². The van der Waals surface area contributed by atoms with E-state index in [1.165, 1.54) is 21.8 Å². The summed E-state index contributed by atoms with van der Waals surface area (Å²) in [5.74, 6) is 0. The first-order valence-electron chi connectivity index (χ1n) is 7.29. The third-order valence-corrected chi connectivity index (χ3v) is 4.06. The van der Waals surface area contributed by atoms with E-state index in [-0.39, 0.29) is 0 Å². The molecule has 2 heteroatoms. The van der Waals surface area contributed by atoms with Crippen LogP contribution in [-0.2, 0) is 0 Å². The molecule has 0 aliphatic heterocycles. The summed E-state index contributed by atoms with van der Waals surface area (Å²) in [6, 6.07) is 25.1. The van der Waals surface area contributed by atoms with Gasteiger partial charge in [-0.2, -0.15) is 0 Å². The van der Waals surface area contributed by atoms with Crippen LogP contribution in [0.1, 0.15) is 5.56 Å². The third kappa shape index (κ3) is 1.81. The molecular weight excluding hydrogens is 268 g/mol. The van der Waals surface area contributed by atoms with E-state index in [9.17, 15) is 0 Å². The van der Waals surface area contributed by atoms with Gasteiger partial charge in [-0.05, 0) is 29.8 Å². The highest BCUT2D eigenvalue weighted by molar-refractivity contribution is 6.09. The van der Waals surface area contributed by atoms with Crippen molar-refractivity contribution in [3.05, 3.63) is 84.9 Å². The van der Waals surface area contributed by atoms with Crippen molar-refractivity contribution in [1.29, 1.82) is 0 Å². The summed E-state index contributed by atoms with van der Waals surface area (Å²) < 4.78 is 2.27. The lowest BCUT2D eigenvalue weighted by Crippen LogP contribution is -1.98. The first-order valence-corrected chi connectivity index (χ1v) is 7.29. The van der Waals surface area contributed by atoms with E-state index >= 15 is 0 Å². The van der Waals surface area contributed by atoms with Crippen molar-refractivity contribution in [2.24, 2.45) is 5.73 Å². The molecule has 2 nitrogen and oxygen atoms in total. The summed E-state index contributed by atoms with van der Waals surface area (Å²) in [5, 5.41) is 2.52. The van der Waals surface area contributed by atoms with Crippen LogP contribution in [0.15, 0.2) is 79.4 Å². The number of fused-ring (bicyclic) bond motifs is 3. The van der Waals surface area contributed by atoms with Gasteiger partial charge in [0.05, 0.1) is 11.0 Å². The highest BCUT2D eigenvalue weighted by atomic mass is 15.0. The Bertz CT molecular complexity index is 955. The molecule has 0 bridgehead atoms. The van der Waals surface area contributed by atoms with Gasteiger partial charge < -0.3 is 10.3 Å². The number of rotatable bonds is 2. The standard InChI is InChI=1S/C20H16N2/c1-14(21)15-7-6-8-16(13-15)22-19-11-4-2-9-17(19)18-10-3-5-12-20(18)22/h2-13H,1,21H2. The van der Waals surface area contributed by atoms with Gasteiger partial charge in [0.15, 0.2) is 0 Å². The molecule has 0 radical (unpaired) electrons. The summed E-state index contributed by atoms with van der Waals surface area (Å²) in [4.78, 5) is 0. The van der Waals surface area contributed by atoms with E-state index < -0.39 is 0 Å². The van der Waals surface area contributed by atoms with Gasteiger partial charge >= 0.3 is 0 Å². The molecule has 0 fully saturated rings. The van der Waals surface area contributed by atoms with Crippen LogP contribution >= 0.6 is 0 Å². The van der Waals surface area contributed by atoms with Crippen LogP contribution in [0.25, 0.3) is 33.2 Å². The van der Waals surface area contributed by atoms with Gasteiger partial charge in [-0.3, -0.25) is 0 Å². The van der Waals surface area contributed by atoms with Gasteiger partial charge in [-0.25, -0.2) is 0 Å². The Kier molecular flexibility index (Phi) is 2.76. The average molecular weight is 284 g/mol. The lowest BCUT2D eigenvalue weighted by atomic mass is 10.1. The number of nitrogens with two attached hydrogens (primary N) is 1. The van der Waals surface area contributed by atoms with E-state index in [1.54, 1.807) is 0 Å². The molecule has 3 aromatic carbocycles. The molecule has 0 aliphatic carbocycles. The molecular formula is C20H16N2. The Morgan fingerprint density at radius 2 is 1.36 bits per heavy atom. The molecule has 0 saturated carbocycles. The predicted octanol–water partition coefficient (Wildman–Crippen LogP) is 4.71. The number of aromatic nitrogens is 1. The van der Waals surface area contributed by atoms with Gasteiger partial charge in [-0.15, -0.1) is 0 Å². The molecule has 0 saturated heterocycles. The monoisotopic (exact) mass is 284 g/mol. The van der Waals surface area contributed by atoms with E-state index in [2.05, 4.69) is 71.8 Å². The van der Waals surface area contributed by atoms with Crippen LogP contribution < -0.4 is 5.73 Å². The zero-order valence-corrected chi connectivity index (χ0v) is 12.2. The average Bonchev–Trinajstić information content (AvgIpc) is 2.89. The van der Waals surface area contributed by atoms with E-state index in [1.807, 2.05) is 12.1 Å². The fraction of sp³-hybridized carbons (Fsp3) is 0. The quantitative estimate of drug-likeness (QED) is 0.567. The number of nitrogens with zero attached hydrogens (tertiary/aromatic N) is 1. The van der Waals surface area contributed by atoms with Crippen molar-refractivity contribution in [2.75, 3.05) is 0 Å². The minimum absolute atomic E-state index is 0.586. The van der Waals surface area contributed by atoms with Crippen molar-refractivity contribution in [3.63, 3.8) is 0 Å². The zero-order chi connectivity index (χ0) is 15.1. The van der Waals surface area contributed by atoms with Gasteiger partial charge in [0.1, 0.15) is 0 Å². The minimum atomic E-state index is 0.586. The molecule has 0 spiro atoms. The molecule has 4 rings (SSSR count). The topological polar surface area (TPSA) is 30.9 Å². The molecule has 106 valence electrons. The maximum Gasteiger partial charge on any atom is 0.0541 e. The van der Waals surface area contributed by atoms with Crippen LogP contribution in [0.3, 0.4) is 0 Å². The fourth-order valence-electron chi connectivity index (χ4n) is 3.05. The molecule has 0 unspecified atom stereocenters. The first kappa shape index (κ1) is 12.7. The maximum absolute atomic E-state index is 5.86. The van der Waals surface area contributed by atoms with Gasteiger partial charge in [0, 0.05) is 22.2 Å². The van der Waals surface area contributed by atoms with E-state index in [0.29, 0.717) is 5.70 Å². The third-order valence-electron chi connectivity index (χ3n) is 4.06. The van der Waals surface area contributed by atoms with Crippen LogP contribution in [-0.4, -0.2) is 4.57 Å². The lowest BCUT2D eigenvalue weighted by molar-refractivity contribution is 1.18. The van der Waals surface area contributed by atoms with Gasteiger partial charge in [0.2, 0.25) is 0 Å². The molecule has 2 N–H and O–H groups in total. The Labute approximate surface area is 129 Å². The van der Waals surface area contributed by atoms with Crippen molar-refractivity contribution in [1.82, 2.24) is 4.57 Å². The molecule has 1 aromatic heterocycles. The maximum atomic E-state index is 5.86. The zero-order valence-electron chi connectivity index (χ0n) is 12.2. The lowest BCUT2D eigenvalue weighted by Gasteiger charge is -2.09. The predicted molar refractivity (Wildman–Crippen MR) is 94.0 cm³/mol. The summed E-state index contributed by atoms with van der Waals surface area (Å²) >= 11 is 0. The van der Waals surface area contributed by atoms with E-state index in [0.717, 1.165) is 11.3 Å². The summed E-state index contributed by atoms with van der Waals surface area (Å²) in [6.07, 6.45) is 0. The summed E-state index contributed by atoms with van der Waals surface area (Å²) in [6.45, 7) is 3.84. The van der Waals surface area contributed by atoms with Crippen molar-refractivity contribution in [3.8, 4) is 5.69 Å². The molecule has 0 aliphatic rings. The molecule has 22 heavy (non-hydrogen) atoms. The second-order valence-corrected chi connectivity index (χ2v) is 5.45. The Balaban J connectivity index is 2.13. The highest BCUT2D eigenvalue weighted by Gasteiger charge is 2.11. The Morgan fingerprint density at radius 1 is 0.773 bits per heavy atom. The SMILES string of the molecule is C=C(N)c1cccc(-n2c3ccccc3c3ccccc32)c1. The molecule has 1 heterocycles. The van der Waals surface area contributed by atoms with Crippen LogP contribution in [0.4, 0.5) is 0 Å². The van der Waals surface area contributed by atoms with Crippen LogP contribution in [0, 0.1) is 0 Å². The number of hydrogen-bond acceptors (Lipinski definition) is 1. The summed E-state index contributed by atoms with van der Waals surface area (Å²) in [7, 11) is 0. The number of benzene rings is 3. The van der Waals surface area contributed by atoms with Crippen molar-refractivity contribution >= 4 is 27.5 Å².